The number of nitrogens with zero attached hydrogens (tertiary/aromatic N) is 1. The molecule has 0 saturated carbocycles. The number of hydrogen-bond acceptors (Lipinski definition) is 4. The minimum Gasteiger partial charge on any atom is -0.398 e. The Labute approximate surface area is 119 Å². The Morgan fingerprint density at radius 3 is 3.10 bits per heavy atom. The van der Waals surface area contributed by atoms with Crippen molar-refractivity contribution in [3.63, 3.8) is 0 Å². The van der Waals surface area contributed by atoms with Crippen LogP contribution in [0, 0.1) is 5.92 Å². The van der Waals surface area contributed by atoms with Crippen LogP contribution in [0.3, 0.4) is 0 Å². The molecular formula is C16H21N3O. The highest BCUT2D eigenvalue weighted by Gasteiger charge is 2.26. The van der Waals surface area contributed by atoms with Crippen LogP contribution in [0.15, 0.2) is 30.6 Å². The van der Waals surface area contributed by atoms with E-state index >= 15 is 0 Å². The summed E-state index contributed by atoms with van der Waals surface area (Å²) in [7, 11) is 0. The topological polar surface area (TPSA) is 60.2 Å². The quantitative estimate of drug-likeness (QED) is 0.839. The zero-order valence-electron chi connectivity index (χ0n) is 11.8. The average Bonchev–Trinajstić information content (AvgIpc) is 2.94. The van der Waals surface area contributed by atoms with E-state index in [1.807, 2.05) is 24.4 Å². The van der Waals surface area contributed by atoms with Crippen LogP contribution in [0.1, 0.15) is 19.8 Å². The molecule has 3 rings (SSSR count). The molecule has 4 nitrogen and oxygen atoms in total. The molecule has 1 aromatic heterocycles. The number of benzene rings is 1. The Hall–Kier alpha value is -1.81. The first-order valence-electron chi connectivity index (χ1n) is 7.27. The van der Waals surface area contributed by atoms with Gasteiger partial charge in [0.15, 0.2) is 0 Å². The summed E-state index contributed by atoms with van der Waals surface area (Å²) in [5, 5.41) is 5.68. The van der Waals surface area contributed by atoms with Crippen LogP contribution < -0.4 is 11.1 Å². The van der Waals surface area contributed by atoms with E-state index < -0.39 is 0 Å². The van der Waals surface area contributed by atoms with Gasteiger partial charge in [0.25, 0.3) is 0 Å². The smallest absolute Gasteiger partial charge is 0.0618 e. The van der Waals surface area contributed by atoms with Gasteiger partial charge in [-0.3, -0.25) is 4.98 Å². The Morgan fingerprint density at radius 2 is 2.25 bits per heavy atom. The Bertz CT molecular complexity index is 599. The molecule has 0 amide bonds. The number of aromatic nitrogens is 1. The fraction of sp³-hybridized carbons (Fsp3) is 0.438. The van der Waals surface area contributed by atoms with Crippen molar-refractivity contribution < 1.29 is 4.74 Å². The fourth-order valence-corrected chi connectivity index (χ4v) is 2.99. The van der Waals surface area contributed by atoms with Gasteiger partial charge in [0.05, 0.1) is 6.10 Å². The summed E-state index contributed by atoms with van der Waals surface area (Å²) in [4.78, 5) is 4.21. The van der Waals surface area contributed by atoms with Crippen molar-refractivity contribution in [2.24, 2.45) is 5.92 Å². The predicted molar refractivity (Wildman–Crippen MR) is 82.8 cm³/mol. The highest BCUT2D eigenvalue weighted by molar-refractivity contribution is 6.00. The lowest BCUT2D eigenvalue weighted by Gasteiger charge is -2.19. The van der Waals surface area contributed by atoms with Gasteiger partial charge in [0.2, 0.25) is 0 Å². The molecule has 1 aliphatic rings. The third-order valence-corrected chi connectivity index (χ3v) is 4.16. The summed E-state index contributed by atoms with van der Waals surface area (Å²) in [6.07, 6.45) is 6.25. The summed E-state index contributed by atoms with van der Waals surface area (Å²) in [6, 6.07) is 5.95. The Balaban J connectivity index is 1.79. The average molecular weight is 271 g/mol. The molecule has 0 bridgehead atoms. The number of nitrogens with one attached hydrogen (secondary N) is 1. The molecule has 0 radical (unpaired) electrons. The highest BCUT2D eigenvalue weighted by atomic mass is 16.5. The van der Waals surface area contributed by atoms with Crippen LogP contribution in [-0.2, 0) is 4.74 Å². The van der Waals surface area contributed by atoms with Gasteiger partial charge in [-0.2, -0.15) is 0 Å². The van der Waals surface area contributed by atoms with Crippen molar-refractivity contribution >= 4 is 22.1 Å². The number of pyridine rings is 1. The summed E-state index contributed by atoms with van der Waals surface area (Å²) in [5.74, 6) is 0.587. The lowest BCUT2D eigenvalue weighted by Crippen LogP contribution is -2.22. The maximum absolute atomic E-state index is 6.01. The van der Waals surface area contributed by atoms with E-state index in [0.29, 0.717) is 12.0 Å². The van der Waals surface area contributed by atoms with E-state index in [9.17, 15) is 0 Å². The fourth-order valence-electron chi connectivity index (χ4n) is 2.99. The number of rotatable bonds is 4. The molecule has 4 heteroatoms. The van der Waals surface area contributed by atoms with E-state index in [2.05, 4.69) is 17.2 Å². The predicted octanol–water partition coefficient (Wildman–Crippen LogP) is 3.04. The van der Waals surface area contributed by atoms with Crippen molar-refractivity contribution in [3.8, 4) is 0 Å². The van der Waals surface area contributed by atoms with Crippen molar-refractivity contribution in [1.82, 2.24) is 4.98 Å². The van der Waals surface area contributed by atoms with Crippen molar-refractivity contribution in [2.45, 2.75) is 25.9 Å². The van der Waals surface area contributed by atoms with Gasteiger partial charge < -0.3 is 15.8 Å². The molecule has 20 heavy (non-hydrogen) atoms. The summed E-state index contributed by atoms with van der Waals surface area (Å²) in [5.41, 5.74) is 7.91. The van der Waals surface area contributed by atoms with Gasteiger partial charge in [-0.25, -0.2) is 0 Å². The van der Waals surface area contributed by atoms with E-state index in [4.69, 9.17) is 10.5 Å². The van der Waals surface area contributed by atoms with Gasteiger partial charge in [-0.05, 0) is 31.0 Å². The second-order valence-electron chi connectivity index (χ2n) is 5.37. The third kappa shape index (κ3) is 2.43. The normalized spacial score (nSPS) is 22.2. The van der Waals surface area contributed by atoms with E-state index in [1.54, 1.807) is 6.20 Å². The van der Waals surface area contributed by atoms with E-state index in [0.717, 1.165) is 48.1 Å². The lowest BCUT2D eigenvalue weighted by atomic mass is 9.99. The van der Waals surface area contributed by atoms with Crippen LogP contribution in [0.4, 0.5) is 11.4 Å². The molecule has 2 atom stereocenters. The van der Waals surface area contributed by atoms with Gasteiger partial charge in [0, 0.05) is 53.6 Å². The summed E-state index contributed by atoms with van der Waals surface area (Å²) >= 11 is 0. The molecule has 0 spiro atoms. The first kappa shape index (κ1) is 13.2. The number of nitrogens with two attached hydrogens (primary N) is 1. The second-order valence-corrected chi connectivity index (χ2v) is 5.37. The molecule has 2 heterocycles. The van der Waals surface area contributed by atoms with Gasteiger partial charge in [-0.15, -0.1) is 0 Å². The monoisotopic (exact) mass is 271 g/mol. The molecule has 1 aromatic carbocycles. The number of fused-ring (bicyclic) bond motifs is 1. The highest BCUT2D eigenvalue weighted by Crippen LogP contribution is 2.29. The lowest BCUT2D eigenvalue weighted by molar-refractivity contribution is 0.0900. The van der Waals surface area contributed by atoms with Crippen LogP contribution in [0.5, 0.6) is 0 Å². The molecule has 3 N–H and O–H groups in total. The van der Waals surface area contributed by atoms with Crippen molar-refractivity contribution in [2.75, 3.05) is 24.2 Å². The maximum atomic E-state index is 6.01. The van der Waals surface area contributed by atoms with Crippen molar-refractivity contribution in [1.29, 1.82) is 0 Å². The molecule has 2 unspecified atom stereocenters. The van der Waals surface area contributed by atoms with Crippen LogP contribution >= 0.6 is 0 Å². The standard InChI is InChI=1S/C16H21N3O/c1-2-16-11(6-8-20-16)9-19-15-4-3-14(17)12-5-7-18-10-13(12)15/h3-5,7,10-11,16,19H,2,6,8-9,17H2,1H3. The first-order valence-corrected chi connectivity index (χ1v) is 7.27. The molecule has 0 aliphatic carbocycles. The first-order chi connectivity index (χ1) is 9.79. The van der Waals surface area contributed by atoms with Crippen LogP contribution in [-0.4, -0.2) is 24.2 Å². The number of anilines is 2. The molecule has 1 saturated heterocycles. The third-order valence-electron chi connectivity index (χ3n) is 4.16. The molecular weight excluding hydrogens is 250 g/mol. The molecule has 1 fully saturated rings. The Morgan fingerprint density at radius 1 is 1.35 bits per heavy atom. The SMILES string of the molecule is CCC1OCCC1CNc1ccc(N)c2ccncc12. The summed E-state index contributed by atoms with van der Waals surface area (Å²) in [6.45, 7) is 4.01. The van der Waals surface area contributed by atoms with E-state index in [-0.39, 0.29) is 0 Å². The van der Waals surface area contributed by atoms with Crippen LogP contribution in [0.2, 0.25) is 0 Å². The van der Waals surface area contributed by atoms with Crippen molar-refractivity contribution in [3.05, 3.63) is 30.6 Å². The molecule has 2 aromatic rings. The minimum atomic E-state index is 0.390. The van der Waals surface area contributed by atoms with Gasteiger partial charge in [0.1, 0.15) is 0 Å². The Kier molecular flexibility index (Phi) is 3.74. The largest absolute Gasteiger partial charge is 0.398 e. The molecule has 106 valence electrons. The molecule has 1 aliphatic heterocycles. The zero-order valence-corrected chi connectivity index (χ0v) is 11.8. The summed E-state index contributed by atoms with van der Waals surface area (Å²) < 4.78 is 5.74. The van der Waals surface area contributed by atoms with E-state index in [1.165, 1.54) is 0 Å². The maximum Gasteiger partial charge on any atom is 0.0618 e. The number of nitrogen functional groups attached to an aromatic ring is 1. The number of hydrogen-bond donors (Lipinski definition) is 2. The second kappa shape index (κ2) is 5.67. The zero-order chi connectivity index (χ0) is 13.9. The minimum absolute atomic E-state index is 0.390. The van der Waals surface area contributed by atoms with Gasteiger partial charge >= 0.3 is 0 Å². The van der Waals surface area contributed by atoms with Crippen LogP contribution in [0.25, 0.3) is 10.8 Å². The number of ether oxygens (including phenoxy) is 1. The van der Waals surface area contributed by atoms with Gasteiger partial charge in [-0.1, -0.05) is 6.92 Å².